The fourth-order valence-corrected chi connectivity index (χ4v) is 2.44. The van der Waals surface area contributed by atoms with Gasteiger partial charge in [-0.2, -0.15) is 0 Å². The summed E-state index contributed by atoms with van der Waals surface area (Å²) in [7, 11) is 0. The van der Waals surface area contributed by atoms with Crippen LogP contribution in [0.2, 0.25) is 0 Å². The molecule has 0 spiro atoms. The molecule has 1 aromatic rings. The van der Waals surface area contributed by atoms with E-state index >= 15 is 0 Å². The zero-order valence-electron chi connectivity index (χ0n) is 11.9. The molecular weight excluding hydrogens is 276 g/mol. The van der Waals surface area contributed by atoms with Crippen molar-refractivity contribution in [3.8, 4) is 0 Å². The molecule has 0 aliphatic heterocycles. The number of rotatable bonds is 8. The second kappa shape index (κ2) is 8.63. The molecule has 1 unspecified atom stereocenters. The standard InChI is InChI=1S/C13H22N4O2S/c1-3-4-5-6-9(2)15-12(19)8-20-13-16-10(14)7-11(18)17-13/h7,9H,3-6,8H2,1-2H3,(H,15,19)(H3,14,16,17,18). The highest BCUT2D eigenvalue weighted by atomic mass is 32.2. The summed E-state index contributed by atoms with van der Waals surface area (Å²) in [6, 6.07) is 1.38. The number of nitrogens with two attached hydrogens (primary N) is 1. The highest BCUT2D eigenvalue weighted by Gasteiger charge is 2.09. The van der Waals surface area contributed by atoms with Crippen LogP contribution in [0.4, 0.5) is 5.82 Å². The molecule has 0 saturated carbocycles. The first-order valence-electron chi connectivity index (χ1n) is 6.80. The Labute approximate surface area is 122 Å². The van der Waals surface area contributed by atoms with Gasteiger partial charge in [-0.1, -0.05) is 37.9 Å². The summed E-state index contributed by atoms with van der Waals surface area (Å²) in [5.41, 5.74) is 5.16. The van der Waals surface area contributed by atoms with Crippen LogP contribution >= 0.6 is 11.8 Å². The molecule has 0 aromatic carbocycles. The first-order valence-corrected chi connectivity index (χ1v) is 7.78. The predicted octanol–water partition coefficient (Wildman–Crippen LogP) is 1.53. The lowest BCUT2D eigenvalue weighted by Gasteiger charge is -2.13. The van der Waals surface area contributed by atoms with Crippen LogP contribution in [0, 0.1) is 0 Å². The normalized spacial score (nSPS) is 12.1. The zero-order valence-corrected chi connectivity index (χ0v) is 12.8. The van der Waals surface area contributed by atoms with E-state index in [9.17, 15) is 9.59 Å². The molecule has 112 valence electrons. The van der Waals surface area contributed by atoms with E-state index in [1.54, 1.807) is 0 Å². The third kappa shape index (κ3) is 6.60. The van der Waals surface area contributed by atoms with E-state index in [1.165, 1.54) is 30.7 Å². The van der Waals surface area contributed by atoms with Gasteiger partial charge < -0.3 is 16.0 Å². The number of carbonyl (C=O) groups excluding carboxylic acids is 1. The van der Waals surface area contributed by atoms with Gasteiger partial charge >= 0.3 is 0 Å². The average molecular weight is 298 g/mol. The molecule has 1 heterocycles. The highest BCUT2D eigenvalue weighted by Crippen LogP contribution is 2.11. The number of amides is 1. The number of anilines is 1. The van der Waals surface area contributed by atoms with Gasteiger partial charge in [0, 0.05) is 12.1 Å². The quantitative estimate of drug-likeness (QED) is 0.384. The lowest BCUT2D eigenvalue weighted by atomic mass is 10.1. The van der Waals surface area contributed by atoms with Crippen LogP contribution in [0.1, 0.15) is 39.5 Å². The first kappa shape index (κ1) is 16.6. The van der Waals surface area contributed by atoms with Crippen LogP contribution in [-0.4, -0.2) is 27.7 Å². The number of hydrogen-bond donors (Lipinski definition) is 3. The number of nitrogens with zero attached hydrogens (tertiary/aromatic N) is 1. The second-order valence-electron chi connectivity index (χ2n) is 4.73. The number of unbranched alkanes of at least 4 members (excludes halogenated alkanes) is 2. The summed E-state index contributed by atoms with van der Waals surface area (Å²) in [6.45, 7) is 4.15. The molecule has 1 rings (SSSR count). The van der Waals surface area contributed by atoms with Crippen LogP contribution in [0.25, 0.3) is 0 Å². The Morgan fingerprint density at radius 2 is 2.30 bits per heavy atom. The van der Waals surface area contributed by atoms with Crippen molar-refractivity contribution in [2.75, 3.05) is 11.5 Å². The number of carbonyl (C=O) groups is 1. The van der Waals surface area contributed by atoms with Crippen molar-refractivity contribution in [2.45, 2.75) is 50.7 Å². The highest BCUT2D eigenvalue weighted by molar-refractivity contribution is 7.99. The molecule has 0 aliphatic rings. The number of nitrogens with one attached hydrogen (secondary N) is 2. The summed E-state index contributed by atoms with van der Waals surface area (Å²) in [6.07, 6.45) is 4.46. The fraction of sp³-hybridized carbons (Fsp3) is 0.615. The zero-order chi connectivity index (χ0) is 15.0. The summed E-state index contributed by atoms with van der Waals surface area (Å²) in [5.74, 6) is 0.304. The minimum atomic E-state index is -0.312. The summed E-state index contributed by atoms with van der Waals surface area (Å²) < 4.78 is 0. The smallest absolute Gasteiger partial charge is 0.253 e. The third-order valence-electron chi connectivity index (χ3n) is 2.73. The van der Waals surface area contributed by atoms with Crippen LogP contribution < -0.4 is 16.6 Å². The fourth-order valence-electron chi connectivity index (χ4n) is 1.74. The lowest BCUT2D eigenvalue weighted by molar-refractivity contribution is -0.119. The van der Waals surface area contributed by atoms with Crippen LogP contribution in [0.5, 0.6) is 0 Å². The number of nitrogen functional groups attached to an aromatic ring is 1. The van der Waals surface area contributed by atoms with Gasteiger partial charge in [0.25, 0.3) is 5.56 Å². The van der Waals surface area contributed by atoms with E-state index in [1.807, 2.05) is 6.92 Å². The Kier molecular flexibility index (Phi) is 7.14. The Hall–Kier alpha value is -1.50. The summed E-state index contributed by atoms with van der Waals surface area (Å²) in [4.78, 5) is 29.4. The molecule has 0 bridgehead atoms. The maximum absolute atomic E-state index is 11.7. The van der Waals surface area contributed by atoms with Crippen LogP contribution in [0.3, 0.4) is 0 Å². The number of aromatic amines is 1. The minimum Gasteiger partial charge on any atom is -0.383 e. The number of H-pyrrole nitrogens is 1. The molecule has 0 fully saturated rings. The largest absolute Gasteiger partial charge is 0.383 e. The van der Waals surface area contributed by atoms with Gasteiger partial charge in [-0.25, -0.2) is 4.98 Å². The molecular formula is C13H22N4O2S. The van der Waals surface area contributed by atoms with Gasteiger partial charge in [0.15, 0.2) is 5.16 Å². The van der Waals surface area contributed by atoms with Crippen LogP contribution in [0.15, 0.2) is 16.0 Å². The number of thioether (sulfide) groups is 1. The molecule has 0 aliphatic carbocycles. The van der Waals surface area contributed by atoms with Crippen molar-refractivity contribution < 1.29 is 4.79 Å². The SMILES string of the molecule is CCCCCC(C)NC(=O)CSc1nc(N)cc(=O)[nH]1. The first-order chi connectivity index (χ1) is 9.51. The lowest BCUT2D eigenvalue weighted by Crippen LogP contribution is -2.33. The van der Waals surface area contributed by atoms with Gasteiger partial charge in [-0.05, 0) is 13.3 Å². The Morgan fingerprint density at radius 3 is 2.95 bits per heavy atom. The number of aromatic nitrogens is 2. The van der Waals surface area contributed by atoms with Gasteiger partial charge in [0.05, 0.1) is 5.75 Å². The summed E-state index contributed by atoms with van der Waals surface area (Å²) >= 11 is 1.17. The van der Waals surface area contributed by atoms with Crippen molar-refractivity contribution in [3.63, 3.8) is 0 Å². The van der Waals surface area contributed by atoms with Crippen molar-refractivity contribution in [1.82, 2.24) is 15.3 Å². The summed E-state index contributed by atoms with van der Waals surface area (Å²) in [5, 5.41) is 3.29. The average Bonchev–Trinajstić information content (AvgIpc) is 2.35. The number of hydrogen-bond acceptors (Lipinski definition) is 5. The second-order valence-corrected chi connectivity index (χ2v) is 5.69. The topological polar surface area (TPSA) is 101 Å². The molecule has 6 nitrogen and oxygen atoms in total. The van der Waals surface area contributed by atoms with E-state index < -0.39 is 0 Å². The molecule has 0 saturated heterocycles. The molecule has 0 radical (unpaired) electrons. The van der Waals surface area contributed by atoms with Crippen molar-refractivity contribution >= 4 is 23.5 Å². The van der Waals surface area contributed by atoms with E-state index in [2.05, 4.69) is 22.2 Å². The molecule has 1 aromatic heterocycles. The monoisotopic (exact) mass is 298 g/mol. The Balaban J connectivity index is 2.33. The molecule has 1 amide bonds. The predicted molar refractivity (Wildman–Crippen MR) is 81.7 cm³/mol. The van der Waals surface area contributed by atoms with Crippen molar-refractivity contribution in [2.24, 2.45) is 0 Å². The Bertz CT molecular complexity index is 490. The van der Waals surface area contributed by atoms with E-state index in [-0.39, 0.29) is 29.1 Å². The molecule has 4 N–H and O–H groups in total. The maximum atomic E-state index is 11.7. The van der Waals surface area contributed by atoms with Gasteiger partial charge in [-0.15, -0.1) is 0 Å². The van der Waals surface area contributed by atoms with E-state index in [0.29, 0.717) is 5.16 Å². The van der Waals surface area contributed by atoms with Gasteiger partial charge in [-0.3, -0.25) is 9.59 Å². The maximum Gasteiger partial charge on any atom is 0.253 e. The van der Waals surface area contributed by atoms with E-state index in [4.69, 9.17) is 5.73 Å². The Morgan fingerprint density at radius 1 is 1.55 bits per heavy atom. The van der Waals surface area contributed by atoms with Crippen molar-refractivity contribution in [3.05, 3.63) is 16.4 Å². The van der Waals surface area contributed by atoms with E-state index in [0.717, 1.165) is 12.8 Å². The third-order valence-corrected chi connectivity index (χ3v) is 3.60. The van der Waals surface area contributed by atoms with Crippen LogP contribution in [-0.2, 0) is 4.79 Å². The molecule has 20 heavy (non-hydrogen) atoms. The van der Waals surface area contributed by atoms with Gasteiger partial charge in [0.1, 0.15) is 5.82 Å². The van der Waals surface area contributed by atoms with Gasteiger partial charge in [0.2, 0.25) is 5.91 Å². The molecule has 1 atom stereocenters. The molecule has 7 heteroatoms. The minimum absolute atomic E-state index is 0.0657. The van der Waals surface area contributed by atoms with Crippen molar-refractivity contribution in [1.29, 1.82) is 0 Å².